The lowest BCUT2D eigenvalue weighted by molar-refractivity contribution is -0.0209. The van der Waals surface area contributed by atoms with E-state index in [1.165, 1.54) is 11.4 Å². The first-order valence-electron chi connectivity index (χ1n) is 16.5. The standard InChI is InChI=1S/C36H42N8O2S/c1-3-28(2)44-35(47)42(27-39-44)33-11-9-31(10-12-33)40-19-21-41(22-20-40)32-13-15-34(16-14-32)45-24-29-23-36(46-25-29,26-43-37-17-18-38-43)30-7-5-4-6-8-30/h4-18,27-29H,3,19-26H2,1-2H3/t28?,29-,36+/m1/s1. The van der Waals surface area contributed by atoms with Gasteiger partial charge in [0, 0.05) is 49.2 Å². The SMILES string of the molecule is CCC(C)n1ncn(-c2ccc(N3CCN(c4ccc(OC[C@@H]5CO[C@@](Cn6nccn6)(c6ccccc6)C5)cc4)CC3)cc2)c1=S. The Bertz CT molecular complexity index is 1780. The van der Waals surface area contributed by atoms with E-state index in [0.29, 0.717) is 19.8 Å². The molecule has 7 rings (SSSR count). The fourth-order valence-electron chi connectivity index (χ4n) is 6.65. The monoisotopic (exact) mass is 650 g/mol. The van der Waals surface area contributed by atoms with E-state index in [1.807, 2.05) is 21.6 Å². The van der Waals surface area contributed by atoms with E-state index in [-0.39, 0.29) is 12.0 Å². The normalized spacial score (nSPS) is 20.4. The van der Waals surface area contributed by atoms with E-state index in [1.54, 1.807) is 17.2 Å². The molecule has 1 unspecified atom stereocenters. The third-order valence-electron chi connectivity index (χ3n) is 9.54. The molecular weight excluding hydrogens is 609 g/mol. The molecule has 11 heteroatoms. The maximum Gasteiger partial charge on any atom is 0.202 e. The van der Waals surface area contributed by atoms with Gasteiger partial charge in [0.2, 0.25) is 4.77 Å². The van der Waals surface area contributed by atoms with Gasteiger partial charge >= 0.3 is 0 Å². The van der Waals surface area contributed by atoms with Gasteiger partial charge in [-0.25, -0.2) is 4.68 Å². The Kier molecular flexibility index (Phi) is 9.08. The van der Waals surface area contributed by atoms with Crippen LogP contribution in [0.5, 0.6) is 5.75 Å². The third-order valence-corrected chi connectivity index (χ3v) is 9.92. The Balaban J connectivity index is 0.913. The number of ether oxygens (including phenoxy) is 2. The number of hydrogen-bond acceptors (Lipinski definition) is 8. The van der Waals surface area contributed by atoms with E-state index < -0.39 is 5.60 Å². The van der Waals surface area contributed by atoms with Gasteiger partial charge in [0.05, 0.1) is 38.2 Å². The molecule has 0 N–H and O–H groups in total. The van der Waals surface area contributed by atoms with Crippen LogP contribution in [0.3, 0.4) is 0 Å². The summed E-state index contributed by atoms with van der Waals surface area (Å²) in [4.78, 5) is 6.60. The van der Waals surface area contributed by atoms with Crippen molar-refractivity contribution in [1.82, 2.24) is 29.3 Å². The van der Waals surface area contributed by atoms with Gasteiger partial charge in [0.15, 0.2) is 0 Å². The van der Waals surface area contributed by atoms with Crippen molar-refractivity contribution in [2.75, 3.05) is 49.2 Å². The number of aromatic nitrogens is 6. The first kappa shape index (κ1) is 31.1. The van der Waals surface area contributed by atoms with Gasteiger partial charge in [-0.2, -0.15) is 20.1 Å². The van der Waals surface area contributed by atoms with Crippen molar-refractivity contribution in [3.05, 3.63) is 108 Å². The van der Waals surface area contributed by atoms with Crippen molar-refractivity contribution in [1.29, 1.82) is 0 Å². The number of nitrogens with zero attached hydrogens (tertiary/aromatic N) is 8. The van der Waals surface area contributed by atoms with E-state index in [4.69, 9.17) is 21.7 Å². The molecule has 2 fully saturated rings. The van der Waals surface area contributed by atoms with Crippen molar-refractivity contribution >= 4 is 23.6 Å². The molecule has 5 aromatic rings. The molecule has 0 radical (unpaired) electrons. The van der Waals surface area contributed by atoms with Crippen molar-refractivity contribution in [3.63, 3.8) is 0 Å². The van der Waals surface area contributed by atoms with E-state index in [9.17, 15) is 0 Å². The largest absolute Gasteiger partial charge is 0.493 e. The Morgan fingerprint density at radius 3 is 2.11 bits per heavy atom. The van der Waals surface area contributed by atoms with Crippen LogP contribution in [-0.4, -0.2) is 68.7 Å². The highest BCUT2D eigenvalue weighted by molar-refractivity contribution is 7.71. The Labute approximate surface area is 281 Å². The van der Waals surface area contributed by atoms with E-state index in [2.05, 4.69) is 112 Å². The van der Waals surface area contributed by atoms with Gasteiger partial charge < -0.3 is 19.3 Å². The van der Waals surface area contributed by atoms with Gasteiger partial charge in [-0.15, -0.1) is 0 Å². The molecule has 47 heavy (non-hydrogen) atoms. The summed E-state index contributed by atoms with van der Waals surface area (Å²) < 4.78 is 17.4. The van der Waals surface area contributed by atoms with Gasteiger partial charge in [0.1, 0.15) is 17.7 Å². The topological polar surface area (TPSA) is 78.4 Å². The van der Waals surface area contributed by atoms with Gasteiger partial charge in [0.25, 0.3) is 0 Å². The highest BCUT2D eigenvalue weighted by Gasteiger charge is 2.43. The van der Waals surface area contributed by atoms with Gasteiger partial charge in [-0.3, -0.25) is 4.57 Å². The zero-order chi connectivity index (χ0) is 32.2. The second-order valence-corrected chi connectivity index (χ2v) is 12.9. The minimum Gasteiger partial charge on any atom is -0.493 e. The molecular formula is C36H42N8O2S. The number of anilines is 2. The fourth-order valence-corrected chi connectivity index (χ4v) is 7.03. The van der Waals surface area contributed by atoms with Gasteiger partial charge in [-0.05, 0) is 86.1 Å². The zero-order valence-electron chi connectivity index (χ0n) is 27.1. The molecule has 3 atom stereocenters. The molecule has 3 aromatic carbocycles. The molecule has 0 saturated carbocycles. The first-order valence-corrected chi connectivity index (χ1v) is 16.9. The maximum absolute atomic E-state index is 6.48. The van der Waals surface area contributed by atoms with Crippen molar-refractivity contribution < 1.29 is 9.47 Å². The summed E-state index contributed by atoms with van der Waals surface area (Å²) in [6, 6.07) is 27.8. The van der Waals surface area contributed by atoms with Crippen LogP contribution in [0.25, 0.3) is 5.69 Å². The highest BCUT2D eigenvalue weighted by Crippen LogP contribution is 2.40. The summed E-state index contributed by atoms with van der Waals surface area (Å²) in [5.74, 6) is 1.15. The molecule has 2 aliphatic heterocycles. The quantitative estimate of drug-likeness (QED) is 0.154. The summed E-state index contributed by atoms with van der Waals surface area (Å²) in [7, 11) is 0. The van der Waals surface area contributed by atoms with E-state index >= 15 is 0 Å². The zero-order valence-corrected chi connectivity index (χ0v) is 27.9. The van der Waals surface area contributed by atoms with Crippen LogP contribution in [0.15, 0.2) is 97.6 Å². The Morgan fingerprint density at radius 2 is 1.47 bits per heavy atom. The second-order valence-electron chi connectivity index (χ2n) is 12.6. The van der Waals surface area contributed by atoms with Crippen molar-refractivity contribution in [3.8, 4) is 11.4 Å². The smallest absolute Gasteiger partial charge is 0.202 e. The maximum atomic E-state index is 6.48. The molecule has 0 amide bonds. The molecule has 0 spiro atoms. The summed E-state index contributed by atoms with van der Waals surface area (Å²) in [6.07, 6.45) is 7.08. The molecule has 244 valence electrons. The lowest BCUT2D eigenvalue weighted by Gasteiger charge is -2.37. The Morgan fingerprint density at radius 1 is 0.851 bits per heavy atom. The number of piperazine rings is 1. The molecule has 0 bridgehead atoms. The summed E-state index contributed by atoms with van der Waals surface area (Å²) in [5.41, 5.74) is 4.17. The van der Waals surface area contributed by atoms with Crippen LogP contribution in [0.4, 0.5) is 11.4 Å². The number of benzene rings is 3. The molecule has 4 heterocycles. The lowest BCUT2D eigenvalue weighted by atomic mass is 9.87. The molecule has 2 saturated heterocycles. The Hall–Kier alpha value is -4.48. The predicted molar refractivity (Wildman–Crippen MR) is 186 cm³/mol. The third kappa shape index (κ3) is 6.68. The van der Waals surface area contributed by atoms with Crippen LogP contribution in [-0.2, 0) is 16.9 Å². The summed E-state index contributed by atoms with van der Waals surface area (Å²) >= 11 is 5.69. The van der Waals surface area contributed by atoms with Crippen LogP contribution < -0.4 is 14.5 Å². The molecule has 10 nitrogen and oxygen atoms in total. The van der Waals surface area contributed by atoms with E-state index in [0.717, 1.165) is 60.8 Å². The predicted octanol–water partition coefficient (Wildman–Crippen LogP) is 6.30. The summed E-state index contributed by atoms with van der Waals surface area (Å²) in [5, 5.41) is 13.2. The molecule has 2 aromatic heterocycles. The van der Waals surface area contributed by atoms with Gasteiger partial charge in [-0.1, -0.05) is 37.3 Å². The van der Waals surface area contributed by atoms with Crippen molar-refractivity contribution in [2.45, 2.75) is 44.9 Å². The molecule has 2 aliphatic rings. The average molecular weight is 651 g/mol. The lowest BCUT2D eigenvalue weighted by Crippen LogP contribution is -2.46. The van der Waals surface area contributed by atoms with Crippen LogP contribution in [0.1, 0.15) is 38.3 Å². The van der Waals surface area contributed by atoms with Crippen LogP contribution in [0, 0.1) is 10.7 Å². The van der Waals surface area contributed by atoms with Crippen molar-refractivity contribution in [2.24, 2.45) is 5.92 Å². The average Bonchev–Trinajstić information content (AvgIpc) is 3.89. The molecule has 0 aliphatic carbocycles. The highest BCUT2D eigenvalue weighted by atomic mass is 32.1. The minimum absolute atomic E-state index is 0.270. The first-order chi connectivity index (χ1) is 23.0. The van der Waals surface area contributed by atoms with Crippen LogP contribution >= 0.6 is 12.2 Å². The number of hydrogen-bond donors (Lipinski definition) is 0. The van der Waals surface area contributed by atoms with Crippen LogP contribution in [0.2, 0.25) is 0 Å². The second kappa shape index (κ2) is 13.7. The fraction of sp³-hybridized carbons (Fsp3) is 0.389. The summed E-state index contributed by atoms with van der Waals surface area (Å²) in [6.45, 7) is 9.95. The minimum atomic E-state index is -0.465. The number of rotatable bonds is 11.